The zero-order chi connectivity index (χ0) is 21.2. The molecule has 0 bridgehead atoms. The molecule has 1 atom stereocenters. The molecule has 1 saturated heterocycles. The monoisotopic (exact) mass is 401 g/mol. The Morgan fingerprint density at radius 2 is 1.93 bits per heavy atom. The number of carbonyl (C=O) groups excluding carboxylic acids is 2. The van der Waals surface area contributed by atoms with Gasteiger partial charge in [-0.25, -0.2) is 4.99 Å². The van der Waals surface area contributed by atoms with Crippen LogP contribution in [-0.4, -0.2) is 67.8 Å². The molecule has 0 radical (unpaired) electrons. The smallest absolute Gasteiger partial charge is 0.253 e. The van der Waals surface area contributed by atoms with Crippen molar-refractivity contribution in [2.24, 2.45) is 10.9 Å². The molecular formula is C22H35N5O2. The minimum atomic E-state index is -0.0113. The molecule has 160 valence electrons. The van der Waals surface area contributed by atoms with Gasteiger partial charge in [0.05, 0.1) is 6.54 Å². The predicted octanol–water partition coefficient (Wildman–Crippen LogP) is 2.09. The van der Waals surface area contributed by atoms with Crippen LogP contribution in [0.2, 0.25) is 0 Å². The van der Waals surface area contributed by atoms with Crippen molar-refractivity contribution >= 4 is 17.8 Å². The number of likely N-dealkylation sites (tertiary alicyclic amines) is 1. The van der Waals surface area contributed by atoms with Gasteiger partial charge >= 0.3 is 0 Å². The van der Waals surface area contributed by atoms with Gasteiger partial charge in [0.1, 0.15) is 0 Å². The molecule has 7 heteroatoms. The highest BCUT2D eigenvalue weighted by atomic mass is 16.2. The minimum absolute atomic E-state index is 0.0113. The number of hydrogen-bond donors (Lipinski definition) is 2. The lowest BCUT2D eigenvalue weighted by molar-refractivity contribution is -0.132. The zero-order valence-corrected chi connectivity index (χ0v) is 18.2. The highest BCUT2D eigenvalue weighted by molar-refractivity contribution is 5.93. The fourth-order valence-electron chi connectivity index (χ4n) is 3.38. The second-order valence-electron chi connectivity index (χ2n) is 7.86. The average Bonchev–Trinajstić information content (AvgIpc) is 2.71. The number of hydrogen-bond acceptors (Lipinski definition) is 3. The van der Waals surface area contributed by atoms with Gasteiger partial charge in [-0.1, -0.05) is 19.1 Å². The third-order valence-electron chi connectivity index (χ3n) is 5.01. The van der Waals surface area contributed by atoms with Crippen LogP contribution in [0.1, 0.15) is 49.0 Å². The van der Waals surface area contributed by atoms with Gasteiger partial charge < -0.3 is 20.4 Å². The maximum absolute atomic E-state index is 12.4. The van der Waals surface area contributed by atoms with Crippen molar-refractivity contribution in [2.75, 3.05) is 40.3 Å². The summed E-state index contributed by atoms with van der Waals surface area (Å²) in [6.45, 7) is 7.79. The van der Waals surface area contributed by atoms with Gasteiger partial charge in [-0.15, -0.1) is 0 Å². The summed E-state index contributed by atoms with van der Waals surface area (Å²) in [5, 5.41) is 6.46. The average molecular weight is 402 g/mol. The molecular weight excluding hydrogens is 366 g/mol. The quantitative estimate of drug-likeness (QED) is 0.542. The van der Waals surface area contributed by atoms with E-state index in [0.717, 1.165) is 31.6 Å². The fraction of sp³-hybridized carbons (Fsp3) is 0.591. The van der Waals surface area contributed by atoms with Crippen molar-refractivity contribution in [3.8, 4) is 0 Å². The molecule has 2 N–H and O–H groups in total. The lowest BCUT2D eigenvalue weighted by Crippen LogP contribution is -2.42. The summed E-state index contributed by atoms with van der Waals surface area (Å²) in [5.41, 5.74) is 1.69. The van der Waals surface area contributed by atoms with Crippen LogP contribution in [0.15, 0.2) is 29.3 Å². The van der Waals surface area contributed by atoms with Gasteiger partial charge in [0.25, 0.3) is 5.91 Å². The normalized spacial score (nSPS) is 17.0. The molecule has 1 heterocycles. The maximum Gasteiger partial charge on any atom is 0.253 e. The Balaban J connectivity index is 1.84. The van der Waals surface area contributed by atoms with Crippen LogP contribution in [0.5, 0.6) is 0 Å². The van der Waals surface area contributed by atoms with Gasteiger partial charge in [0.15, 0.2) is 5.96 Å². The Bertz CT molecular complexity index is 700. The Morgan fingerprint density at radius 1 is 1.21 bits per heavy atom. The van der Waals surface area contributed by atoms with Gasteiger partial charge in [0, 0.05) is 52.3 Å². The highest BCUT2D eigenvalue weighted by Crippen LogP contribution is 2.15. The standard InChI is InChI=1S/C22H35N5O2/c1-5-23-22(24-13-12-20(28)27-14-6-7-17(2)16-27)25-15-18-8-10-19(11-9-18)21(29)26(3)4/h8-11,17H,5-7,12-16H2,1-4H3,(H2,23,24,25). The van der Waals surface area contributed by atoms with Crippen LogP contribution in [0.4, 0.5) is 0 Å². The maximum atomic E-state index is 12.4. The number of guanidine groups is 1. The summed E-state index contributed by atoms with van der Waals surface area (Å²) in [7, 11) is 3.48. The van der Waals surface area contributed by atoms with E-state index in [-0.39, 0.29) is 11.8 Å². The van der Waals surface area contributed by atoms with E-state index in [0.29, 0.717) is 37.0 Å². The topological polar surface area (TPSA) is 77.0 Å². The van der Waals surface area contributed by atoms with E-state index in [1.165, 1.54) is 6.42 Å². The molecule has 1 unspecified atom stereocenters. The third kappa shape index (κ3) is 7.40. The lowest BCUT2D eigenvalue weighted by atomic mass is 10.00. The van der Waals surface area contributed by atoms with Gasteiger partial charge in [0.2, 0.25) is 5.91 Å². The molecule has 7 nitrogen and oxygen atoms in total. The van der Waals surface area contributed by atoms with E-state index in [4.69, 9.17) is 0 Å². The Kier molecular flexibility index (Phi) is 8.96. The van der Waals surface area contributed by atoms with Crippen LogP contribution in [0, 0.1) is 5.92 Å². The van der Waals surface area contributed by atoms with Crippen LogP contribution < -0.4 is 10.6 Å². The van der Waals surface area contributed by atoms with Crippen molar-refractivity contribution in [1.82, 2.24) is 20.4 Å². The van der Waals surface area contributed by atoms with E-state index >= 15 is 0 Å². The molecule has 1 aromatic carbocycles. The number of amides is 2. The molecule has 0 aromatic heterocycles. The molecule has 29 heavy (non-hydrogen) atoms. The lowest BCUT2D eigenvalue weighted by Gasteiger charge is -2.31. The molecule has 1 aliphatic rings. The number of nitrogens with zero attached hydrogens (tertiary/aromatic N) is 3. The van der Waals surface area contributed by atoms with Crippen molar-refractivity contribution < 1.29 is 9.59 Å². The number of nitrogens with one attached hydrogen (secondary N) is 2. The summed E-state index contributed by atoms with van der Waals surface area (Å²) in [6.07, 6.45) is 2.78. The molecule has 0 saturated carbocycles. The van der Waals surface area contributed by atoms with Crippen molar-refractivity contribution in [1.29, 1.82) is 0 Å². The number of benzene rings is 1. The van der Waals surface area contributed by atoms with Crippen LogP contribution >= 0.6 is 0 Å². The molecule has 2 amide bonds. The first-order valence-corrected chi connectivity index (χ1v) is 10.5. The SMILES string of the molecule is CCNC(=NCc1ccc(C(=O)N(C)C)cc1)NCCC(=O)N1CCCC(C)C1. The van der Waals surface area contributed by atoms with Crippen molar-refractivity contribution in [3.63, 3.8) is 0 Å². The molecule has 1 fully saturated rings. The molecule has 2 rings (SSSR count). The largest absolute Gasteiger partial charge is 0.357 e. The van der Waals surface area contributed by atoms with Crippen LogP contribution in [0.25, 0.3) is 0 Å². The van der Waals surface area contributed by atoms with Crippen molar-refractivity contribution in [2.45, 2.75) is 39.7 Å². The number of rotatable bonds is 7. The number of carbonyl (C=O) groups is 2. The van der Waals surface area contributed by atoms with E-state index in [1.807, 2.05) is 36.1 Å². The first-order chi connectivity index (χ1) is 13.9. The molecule has 0 spiro atoms. The molecule has 1 aromatic rings. The Labute approximate surface area is 174 Å². The third-order valence-corrected chi connectivity index (χ3v) is 5.01. The van der Waals surface area contributed by atoms with Gasteiger partial charge in [-0.2, -0.15) is 0 Å². The van der Waals surface area contributed by atoms with Crippen LogP contribution in [0.3, 0.4) is 0 Å². The fourth-order valence-corrected chi connectivity index (χ4v) is 3.38. The molecule has 0 aliphatic carbocycles. The minimum Gasteiger partial charge on any atom is -0.357 e. The van der Waals surface area contributed by atoms with Crippen LogP contribution in [-0.2, 0) is 11.3 Å². The van der Waals surface area contributed by atoms with Gasteiger partial charge in [-0.3, -0.25) is 9.59 Å². The second kappa shape index (κ2) is 11.4. The summed E-state index contributed by atoms with van der Waals surface area (Å²) < 4.78 is 0. The summed E-state index contributed by atoms with van der Waals surface area (Å²) in [6, 6.07) is 7.49. The van der Waals surface area contributed by atoms with E-state index < -0.39 is 0 Å². The van der Waals surface area contributed by atoms with E-state index in [1.54, 1.807) is 19.0 Å². The summed E-state index contributed by atoms with van der Waals surface area (Å²) >= 11 is 0. The first-order valence-electron chi connectivity index (χ1n) is 10.5. The van der Waals surface area contributed by atoms with E-state index in [9.17, 15) is 9.59 Å². The van der Waals surface area contributed by atoms with Gasteiger partial charge in [-0.05, 0) is 43.4 Å². The Hall–Kier alpha value is -2.57. The van der Waals surface area contributed by atoms with Crippen molar-refractivity contribution in [3.05, 3.63) is 35.4 Å². The Morgan fingerprint density at radius 3 is 2.55 bits per heavy atom. The molecule has 1 aliphatic heterocycles. The summed E-state index contributed by atoms with van der Waals surface area (Å²) in [5.74, 6) is 1.49. The first kappa shape index (κ1) is 22.7. The summed E-state index contributed by atoms with van der Waals surface area (Å²) in [4.78, 5) is 32.5. The zero-order valence-electron chi connectivity index (χ0n) is 18.2. The highest BCUT2D eigenvalue weighted by Gasteiger charge is 2.20. The number of piperidine rings is 1. The second-order valence-corrected chi connectivity index (χ2v) is 7.86. The van der Waals surface area contributed by atoms with E-state index in [2.05, 4.69) is 22.5 Å². The number of aliphatic imine (C=N–C) groups is 1. The predicted molar refractivity (Wildman–Crippen MR) is 117 cm³/mol.